The molecule has 0 unspecified atom stereocenters. The quantitative estimate of drug-likeness (QED) is 0.338. The van der Waals surface area contributed by atoms with Gasteiger partial charge in [0.15, 0.2) is 5.60 Å². The molecule has 9 nitrogen and oxygen atoms in total. The summed E-state index contributed by atoms with van der Waals surface area (Å²) >= 11 is 0. The van der Waals surface area contributed by atoms with E-state index >= 15 is 0 Å². The summed E-state index contributed by atoms with van der Waals surface area (Å²) in [6.45, 7) is 2.09. The first-order chi connectivity index (χ1) is 17.3. The van der Waals surface area contributed by atoms with Crippen molar-refractivity contribution in [3.05, 3.63) is 76.9 Å². The van der Waals surface area contributed by atoms with Gasteiger partial charge >= 0.3 is 5.97 Å². The van der Waals surface area contributed by atoms with Gasteiger partial charge in [0.2, 0.25) is 5.91 Å². The lowest BCUT2D eigenvalue weighted by molar-refractivity contribution is -0.116. The Hall–Kier alpha value is -4.08. The highest BCUT2D eigenvalue weighted by atomic mass is 16.6. The van der Waals surface area contributed by atoms with Crippen LogP contribution in [0.3, 0.4) is 0 Å². The van der Waals surface area contributed by atoms with E-state index in [1.807, 2.05) is 6.92 Å². The number of aromatic hydroxyl groups is 2. The summed E-state index contributed by atoms with van der Waals surface area (Å²) in [5.41, 5.74) is 0.925. The Balaban J connectivity index is 0.000000556. The van der Waals surface area contributed by atoms with E-state index in [2.05, 4.69) is 5.32 Å². The highest BCUT2D eigenvalue weighted by molar-refractivity contribution is 6.05. The fraction of sp³-hybridized carbons (Fsp3) is 0.259. The molecule has 1 amide bonds. The number of aliphatic hydroxyl groups is 2. The van der Waals surface area contributed by atoms with Crippen LogP contribution in [0.1, 0.15) is 53.2 Å². The number of carbonyl (C=O) groups is 2. The van der Waals surface area contributed by atoms with E-state index in [-0.39, 0.29) is 36.2 Å². The van der Waals surface area contributed by atoms with Crippen molar-refractivity contribution >= 4 is 17.6 Å². The van der Waals surface area contributed by atoms with Crippen molar-refractivity contribution in [3.8, 4) is 23.0 Å². The number of fused-ring (bicyclic) bond motifs is 6. The maximum absolute atomic E-state index is 13.1. The molecule has 5 rings (SSSR count). The van der Waals surface area contributed by atoms with Crippen molar-refractivity contribution in [1.29, 1.82) is 0 Å². The van der Waals surface area contributed by atoms with Crippen LogP contribution in [0.15, 0.2) is 54.6 Å². The summed E-state index contributed by atoms with van der Waals surface area (Å²) in [6.07, 6.45) is 1.52. The van der Waals surface area contributed by atoms with E-state index in [1.165, 1.54) is 24.3 Å². The fourth-order valence-electron chi connectivity index (χ4n) is 4.36. The molecule has 188 valence electrons. The summed E-state index contributed by atoms with van der Waals surface area (Å²) in [5, 5.41) is 38.6. The summed E-state index contributed by atoms with van der Waals surface area (Å²) in [7, 11) is 0. The van der Waals surface area contributed by atoms with E-state index in [4.69, 9.17) is 19.7 Å². The molecule has 0 radical (unpaired) electrons. The Bertz CT molecular complexity index is 1250. The van der Waals surface area contributed by atoms with Crippen LogP contribution >= 0.6 is 0 Å². The third-order valence-corrected chi connectivity index (χ3v) is 5.87. The third-order valence-electron chi connectivity index (χ3n) is 5.87. The number of phenols is 2. The van der Waals surface area contributed by atoms with Crippen LogP contribution in [-0.2, 0) is 15.1 Å². The summed E-state index contributed by atoms with van der Waals surface area (Å²) in [6, 6.07) is 14.3. The average Bonchev–Trinajstić information content (AvgIpc) is 3.13. The number of anilines is 1. The van der Waals surface area contributed by atoms with Gasteiger partial charge in [0, 0.05) is 48.5 Å². The van der Waals surface area contributed by atoms with Crippen LogP contribution in [0, 0.1) is 0 Å². The normalized spacial score (nSPS) is 13.9. The predicted octanol–water partition coefficient (Wildman–Crippen LogP) is 3.77. The number of rotatable bonds is 5. The first kappa shape index (κ1) is 25.0. The van der Waals surface area contributed by atoms with Gasteiger partial charge < -0.3 is 35.2 Å². The number of carbonyl (C=O) groups excluding carboxylic acids is 2. The van der Waals surface area contributed by atoms with Crippen LogP contribution in [0.5, 0.6) is 23.0 Å². The van der Waals surface area contributed by atoms with Crippen LogP contribution in [0.2, 0.25) is 0 Å². The summed E-state index contributed by atoms with van der Waals surface area (Å²) < 4.78 is 12.0. The molecule has 2 aliphatic heterocycles. The van der Waals surface area contributed by atoms with E-state index in [0.29, 0.717) is 53.1 Å². The Morgan fingerprint density at radius 1 is 0.917 bits per heavy atom. The molecule has 3 aromatic carbocycles. The number of amides is 1. The van der Waals surface area contributed by atoms with E-state index in [9.17, 15) is 19.8 Å². The lowest BCUT2D eigenvalue weighted by atomic mass is 9.77. The van der Waals surface area contributed by atoms with Crippen molar-refractivity contribution in [2.45, 2.75) is 31.8 Å². The molecule has 0 fully saturated rings. The predicted molar refractivity (Wildman–Crippen MR) is 130 cm³/mol. The smallest absolute Gasteiger partial charge is 0.342 e. The Labute approximate surface area is 207 Å². The lowest BCUT2D eigenvalue weighted by Crippen LogP contribution is -2.32. The van der Waals surface area contributed by atoms with Gasteiger partial charge in [-0.2, -0.15) is 0 Å². The van der Waals surface area contributed by atoms with E-state index in [1.54, 1.807) is 30.3 Å². The SMILES string of the molecule is CCCC(=O)Nc1cccc2c1C(=O)OC21c2ccc(O)cc2Oc2cc(O)ccc21.OCCCO. The molecular weight excluding hydrogens is 466 g/mol. The second kappa shape index (κ2) is 10.3. The first-order valence-corrected chi connectivity index (χ1v) is 11.6. The number of hydrogen-bond donors (Lipinski definition) is 5. The lowest BCUT2D eigenvalue weighted by Gasteiger charge is -2.36. The van der Waals surface area contributed by atoms with Crippen LogP contribution in [-0.4, -0.2) is 45.5 Å². The minimum Gasteiger partial charge on any atom is -0.508 e. The molecule has 0 bridgehead atoms. The molecular formula is C27H27NO8. The fourth-order valence-corrected chi connectivity index (χ4v) is 4.36. The van der Waals surface area contributed by atoms with Crippen molar-refractivity contribution in [2.24, 2.45) is 0 Å². The second-order valence-corrected chi connectivity index (χ2v) is 8.36. The summed E-state index contributed by atoms with van der Waals surface area (Å²) in [4.78, 5) is 25.4. The Kier molecular flexibility index (Phi) is 7.14. The largest absolute Gasteiger partial charge is 0.508 e. The van der Waals surface area contributed by atoms with Gasteiger partial charge in [0.05, 0.1) is 11.3 Å². The topological polar surface area (TPSA) is 146 Å². The molecule has 1 spiro atoms. The standard InChI is InChI=1S/C24H19NO6.C3H8O2/c1-2-4-21(28)25-18-6-3-5-17-22(18)23(29)31-24(17)15-9-7-13(26)11-19(15)30-20-12-14(27)8-10-16(20)24;4-2-1-3-5/h3,5-12,26-27H,2,4H2,1H3,(H,25,28);4-5H,1-3H2. The zero-order valence-electron chi connectivity index (χ0n) is 19.7. The van der Waals surface area contributed by atoms with E-state index < -0.39 is 11.6 Å². The zero-order chi connectivity index (χ0) is 25.9. The minimum atomic E-state index is -1.35. The van der Waals surface area contributed by atoms with Crippen LogP contribution in [0.25, 0.3) is 0 Å². The van der Waals surface area contributed by atoms with Crippen molar-refractivity contribution in [1.82, 2.24) is 0 Å². The number of aliphatic hydroxyl groups excluding tert-OH is 2. The number of nitrogens with one attached hydrogen (secondary N) is 1. The highest BCUT2D eigenvalue weighted by Gasteiger charge is 2.54. The van der Waals surface area contributed by atoms with Gasteiger partial charge in [-0.25, -0.2) is 4.79 Å². The zero-order valence-corrected chi connectivity index (χ0v) is 19.7. The molecule has 2 aliphatic rings. The van der Waals surface area contributed by atoms with Gasteiger partial charge in [-0.15, -0.1) is 0 Å². The first-order valence-electron chi connectivity index (χ1n) is 11.6. The van der Waals surface area contributed by atoms with Gasteiger partial charge in [0.25, 0.3) is 0 Å². The van der Waals surface area contributed by atoms with Crippen molar-refractivity contribution < 1.29 is 39.5 Å². The van der Waals surface area contributed by atoms with Gasteiger partial charge in [-0.1, -0.05) is 19.1 Å². The Morgan fingerprint density at radius 3 is 2.06 bits per heavy atom. The number of benzene rings is 3. The third kappa shape index (κ3) is 4.34. The monoisotopic (exact) mass is 493 g/mol. The van der Waals surface area contributed by atoms with Gasteiger partial charge in [-0.3, -0.25) is 4.79 Å². The average molecular weight is 494 g/mol. The molecule has 3 aromatic rings. The molecule has 36 heavy (non-hydrogen) atoms. The maximum Gasteiger partial charge on any atom is 0.342 e. The van der Waals surface area contributed by atoms with Crippen LogP contribution in [0.4, 0.5) is 5.69 Å². The second-order valence-electron chi connectivity index (χ2n) is 8.36. The molecule has 0 aromatic heterocycles. The molecule has 2 heterocycles. The molecule has 5 N–H and O–H groups in total. The molecule has 0 atom stereocenters. The molecule has 0 saturated carbocycles. The van der Waals surface area contributed by atoms with Crippen molar-refractivity contribution in [3.63, 3.8) is 0 Å². The number of hydrogen-bond acceptors (Lipinski definition) is 8. The number of ether oxygens (including phenoxy) is 2. The maximum atomic E-state index is 13.1. The van der Waals surface area contributed by atoms with Crippen molar-refractivity contribution in [2.75, 3.05) is 18.5 Å². The minimum absolute atomic E-state index is 0.0115. The molecule has 0 saturated heterocycles. The van der Waals surface area contributed by atoms with Gasteiger partial charge in [0.1, 0.15) is 23.0 Å². The van der Waals surface area contributed by atoms with E-state index in [0.717, 1.165) is 0 Å². The molecule has 0 aliphatic carbocycles. The number of esters is 1. The van der Waals surface area contributed by atoms with Crippen LogP contribution < -0.4 is 10.1 Å². The highest BCUT2D eigenvalue weighted by Crippen LogP contribution is 2.57. The molecule has 9 heteroatoms. The summed E-state index contributed by atoms with van der Waals surface area (Å²) in [5.74, 6) is -0.182. The number of phenolic OH excluding ortho intramolecular Hbond substituents is 2. The van der Waals surface area contributed by atoms with Gasteiger partial charge in [-0.05, 0) is 43.2 Å². The Morgan fingerprint density at radius 2 is 1.53 bits per heavy atom.